The fourth-order valence-corrected chi connectivity index (χ4v) is 3.05. The molecule has 1 saturated heterocycles. The summed E-state index contributed by atoms with van der Waals surface area (Å²) in [6.45, 7) is 7.54. The molecular weight excluding hydrogens is 334 g/mol. The van der Waals surface area contributed by atoms with Crippen molar-refractivity contribution in [2.45, 2.75) is 39.0 Å². The predicted molar refractivity (Wildman–Crippen MR) is 98.3 cm³/mol. The van der Waals surface area contributed by atoms with Gasteiger partial charge in [-0.1, -0.05) is 32.9 Å². The Balaban J connectivity index is 1.79. The molecule has 0 bridgehead atoms. The van der Waals surface area contributed by atoms with Gasteiger partial charge in [0.2, 0.25) is 0 Å². The minimum absolute atomic E-state index is 0.0346. The van der Waals surface area contributed by atoms with E-state index in [-0.39, 0.29) is 30.4 Å². The molecule has 6 heteroatoms. The summed E-state index contributed by atoms with van der Waals surface area (Å²) in [5.74, 6) is -1.13. The maximum atomic E-state index is 12.0. The highest BCUT2D eigenvalue weighted by Gasteiger charge is 2.30. The standard InChI is InChI=1S/C20H29NO5/c1-20(2,3)15-4-6-16(7-5-15)26-13-18(22)21-12-17(19(23)24)14-8-10-25-11-9-14/h4-7,14,17H,8-13H2,1-3H3,(H,21,22)(H,23,24). The van der Waals surface area contributed by atoms with E-state index in [2.05, 4.69) is 26.1 Å². The Hall–Kier alpha value is -2.08. The Morgan fingerprint density at radius 2 is 1.85 bits per heavy atom. The lowest BCUT2D eigenvalue weighted by Gasteiger charge is -2.27. The summed E-state index contributed by atoms with van der Waals surface area (Å²) < 4.78 is 10.8. The van der Waals surface area contributed by atoms with Crippen molar-refractivity contribution in [3.05, 3.63) is 29.8 Å². The number of carboxylic acids is 1. The van der Waals surface area contributed by atoms with Gasteiger partial charge in [0.05, 0.1) is 5.92 Å². The zero-order chi connectivity index (χ0) is 19.2. The van der Waals surface area contributed by atoms with Crippen LogP contribution in [0.3, 0.4) is 0 Å². The second kappa shape index (κ2) is 9.03. The Kier molecular flexibility index (Phi) is 7.03. The lowest BCUT2D eigenvalue weighted by molar-refractivity contribution is -0.145. The van der Waals surface area contributed by atoms with E-state index in [9.17, 15) is 14.7 Å². The quantitative estimate of drug-likeness (QED) is 0.778. The molecule has 0 saturated carbocycles. The maximum absolute atomic E-state index is 12.0. The third-order valence-corrected chi connectivity index (χ3v) is 4.76. The van der Waals surface area contributed by atoms with Crippen molar-refractivity contribution in [3.8, 4) is 5.75 Å². The first-order valence-electron chi connectivity index (χ1n) is 9.08. The maximum Gasteiger partial charge on any atom is 0.308 e. The fraction of sp³-hybridized carbons (Fsp3) is 0.600. The largest absolute Gasteiger partial charge is 0.484 e. The molecule has 1 amide bonds. The van der Waals surface area contributed by atoms with Crippen LogP contribution in [-0.2, 0) is 19.7 Å². The molecule has 2 rings (SSSR count). The first kappa shape index (κ1) is 20.2. The smallest absolute Gasteiger partial charge is 0.308 e. The van der Waals surface area contributed by atoms with Crippen molar-refractivity contribution in [3.63, 3.8) is 0 Å². The number of hydrogen-bond donors (Lipinski definition) is 2. The number of rotatable bonds is 7. The number of aliphatic carboxylic acids is 1. The normalized spacial score (nSPS) is 16.7. The monoisotopic (exact) mass is 363 g/mol. The van der Waals surface area contributed by atoms with E-state index < -0.39 is 11.9 Å². The van der Waals surface area contributed by atoms with Gasteiger partial charge in [-0.25, -0.2) is 0 Å². The number of hydrogen-bond acceptors (Lipinski definition) is 4. The van der Waals surface area contributed by atoms with Gasteiger partial charge in [-0.2, -0.15) is 0 Å². The summed E-state index contributed by atoms with van der Waals surface area (Å²) in [7, 11) is 0. The van der Waals surface area contributed by atoms with Gasteiger partial charge in [-0.05, 0) is 41.9 Å². The van der Waals surface area contributed by atoms with Crippen LogP contribution in [0.1, 0.15) is 39.2 Å². The molecule has 1 atom stereocenters. The van der Waals surface area contributed by atoms with Crippen LogP contribution >= 0.6 is 0 Å². The van der Waals surface area contributed by atoms with E-state index in [0.717, 1.165) is 0 Å². The van der Waals surface area contributed by atoms with Gasteiger partial charge >= 0.3 is 5.97 Å². The number of carbonyl (C=O) groups excluding carboxylic acids is 1. The summed E-state index contributed by atoms with van der Waals surface area (Å²) in [6.07, 6.45) is 1.42. The Morgan fingerprint density at radius 1 is 1.23 bits per heavy atom. The number of benzene rings is 1. The first-order chi connectivity index (χ1) is 12.3. The van der Waals surface area contributed by atoms with Crippen LogP contribution in [-0.4, -0.2) is 43.3 Å². The van der Waals surface area contributed by atoms with Crippen LogP contribution in [0.2, 0.25) is 0 Å². The second-order valence-electron chi connectivity index (χ2n) is 7.76. The molecule has 2 N–H and O–H groups in total. The fourth-order valence-electron chi connectivity index (χ4n) is 3.05. The molecule has 26 heavy (non-hydrogen) atoms. The summed E-state index contributed by atoms with van der Waals surface area (Å²) in [5.41, 5.74) is 1.25. The molecule has 1 aromatic carbocycles. The molecule has 1 heterocycles. The van der Waals surface area contributed by atoms with Gasteiger partial charge in [0.1, 0.15) is 5.75 Å². The number of amides is 1. The van der Waals surface area contributed by atoms with E-state index in [0.29, 0.717) is 31.8 Å². The van der Waals surface area contributed by atoms with Crippen LogP contribution in [0.25, 0.3) is 0 Å². The van der Waals surface area contributed by atoms with Gasteiger partial charge in [0.25, 0.3) is 5.91 Å². The van der Waals surface area contributed by atoms with Crippen molar-refractivity contribution >= 4 is 11.9 Å². The third kappa shape index (κ3) is 6.02. The van der Waals surface area contributed by atoms with E-state index in [1.807, 2.05) is 24.3 Å². The topological polar surface area (TPSA) is 84.9 Å². The van der Waals surface area contributed by atoms with E-state index in [1.165, 1.54) is 5.56 Å². The summed E-state index contributed by atoms with van der Waals surface area (Å²) in [6, 6.07) is 7.66. The molecule has 0 aromatic heterocycles. The molecule has 1 aliphatic rings. The van der Waals surface area contributed by atoms with Crippen molar-refractivity contribution < 1.29 is 24.2 Å². The van der Waals surface area contributed by atoms with Crippen LogP contribution in [0.4, 0.5) is 0 Å². The molecule has 6 nitrogen and oxygen atoms in total. The van der Waals surface area contributed by atoms with Crippen LogP contribution in [0, 0.1) is 11.8 Å². The van der Waals surface area contributed by atoms with Crippen LogP contribution in [0.15, 0.2) is 24.3 Å². The molecule has 1 unspecified atom stereocenters. The van der Waals surface area contributed by atoms with Gasteiger partial charge in [-0.3, -0.25) is 9.59 Å². The average molecular weight is 363 g/mol. The Bertz CT molecular complexity index is 600. The molecule has 1 fully saturated rings. The first-order valence-corrected chi connectivity index (χ1v) is 9.08. The van der Waals surface area contributed by atoms with Crippen molar-refractivity contribution in [1.29, 1.82) is 0 Å². The summed E-state index contributed by atoms with van der Waals surface area (Å²) in [5, 5.41) is 12.1. The Labute approximate surface area is 154 Å². The van der Waals surface area contributed by atoms with E-state index in [4.69, 9.17) is 9.47 Å². The number of nitrogens with one attached hydrogen (secondary N) is 1. The molecule has 1 aliphatic heterocycles. The zero-order valence-electron chi connectivity index (χ0n) is 15.8. The molecule has 0 aliphatic carbocycles. The molecular formula is C20H29NO5. The minimum Gasteiger partial charge on any atom is -0.484 e. The van der Waals surface area contributed by atoms with Crippen LogP contribution in [0.5, 0.6) is 5.75 Å². The minimum atomic E-state index is -0.879. The highest BCUT2D eigenvalue weighted by molar-refractivity contribution is 5.78. The summed E-state index contributed by atoms with van der Waals surface area (Å²) >= 11 is 0. The zero-order valence-corrected chi connectivity index (χ0v) is 15.8. The molecule has 144 valence electrons. The number of carboxylic acid groups (broad SMARTS) is 1. The third-order valence-electron chi connectivity index (χ3n) is 4.76. The van der Waals surface area contributed by atoms with Gasteiger partial charge in [0, 0.05) is 19.8 Å². The highest BCUT2D eigenvalue weighted by atomic mass is 16.5. The summed E-state index contributed by atoms with van der Waals surface area (Å²) in [4.78, 5) is 23.5. The van der Waals surface area contributed by atoms with E-state index in [1.54, 1.807) is 0 Å². The highest BCUT2D eigenvalue weighted by Crippen LogP contribution is 2.25. The van der Waals surface area contributed by atoms with Crippen molar-refractivity contribution in [2.24, 2.45) is 11.8 Å². The van der Waals surface area contributed by atoms with Crippen molar-refractivity contribution in [1.82, 2.24) is 5.32 Å². The van der Waals surface area contributed by atoms with E-state index >= 15 is 0 Å². The lowest BCUT2D eigenvalue weighted by Crippen LogP contribution is -2.40. The van der Waals surface area contributed by atoms with Gasteiger partial charge in [0.15, 0.2) is 6.61 Å². The molecule has 0 spiro atoms. The number of carbonyl (C=O) groups is 2. The SMILES string of the molecule is CC(C)(C)c1ccc(OCC(=O)NCC(C(=O)O)C2CCOCC2)cc1. The Morgan fingerprint density at radius 3 is 2.38 bits per heavy atom. The molecule has 0 radical (unpaired) electrons. The van der Waals surface area contributed by atoms with Crippen LogP contribution < -0.4 is 10.1 Å². The molecule has 1 aromatic rings. The van der Waals surface area contributed by atoms with Crippen molar-refractivity contribution in [2.75, 3.05) is 26.4 Å². The average Bonchev–Trinajstić information content (AvgIpc) is 2.60. The number of ether oxygens (including phenoxy) is 2. The second-order valence-corrected chi connectivity index (χ2v) is 7.76. The predicted octanol–water partition coefficient (Wildman–Crippen LogP) is 2.61. The van der Waals surface area contributed by atoms with Gasteiger partial charge < -0.3 is 19.9 Å². The van der Waals surface area contributed by atoms with Gasteiger partial charge in [-0.15, -0.1) is 0 Å². The lowest BCUT2D eigenvalue weighted by atomic mass is 9.86.